The van der Waals surface area contributed by atoms with Gasteiger partial charge in [0, 0.05) is 12.1 Å². The van der Waals surface area contributed by atoms with Crippen LogP contribution in [0.4, 0.5) is 0 Å². The molecule has 1 amide bonds. The molecule has 3 aromatic carbocycles. The molecule has 0 aliphatic carbocycles. The van der Waals surface area contributed by atoms with E-state index in [0.29, 0.717) is 6.54 Å². The van der Waals surface area contributed by atoms with E-state index in [1.165, 1.54) is 29.2 Å². The van der Waals surface area contributed by atoms with Crippen LogP contribution in [0.1, 0.15) is 40.4 Å². The van der Waals surface area contributed by atoms with Gasteiger partial charge in [-0.2, -0.15) is 0 Å². The van der Waals surface area contributed by atoms with Gasteiger partial charge in [-0.3, -0.25) is 9.69 Å². The Morgan fingerprint density at radius 2 is 1.67 bits per heavy atom. The summed E-state index contributed by atoms with van der Waals surface area (Å²) in [5, 5.41) is 5.73. The maximum atomic E-state index is 12.8. The fourth-order valence-electron chi connectivity index (χ4n) is 4.14. The van der Waals surface area contributed by atoms with Crippen LogP contribution in [0, 0.1) is 6.92 Å². The molecule has 0 radical (unpaired) electrons. The predicted octanol–water partition coefficient (Wildman–Crippen LogP) is 4.72. The maximum absolute atomic E-state index is 12.8. The topological polar surface area (TPSA) is 32.3 Å². The van der Waals surface area contributed by atoms with E-state index >= 15 is 0 Å². The van der Waals surface area contributed by atoms with Crippen molar-refractivity contribution >= 4 is 16.7 Å². The summed E-state index contributed by atoms with van der Waals surface area (Å²) in [6, 6.07) is 23.0. The average Bonchev–Trinajstić information content (AvgIpc) is 3.23. The van der Waals surface area contributed by atoms with Gasteiger partial charge in [-0.25, -0.2) is 0 Å². The molecule has 1 aliphatic heterocycles. The van der Waals surface area contributed by atoms with Crippen LogP contribution in [0.5, 0.6) is 0 Å². The predicted molar refractivity (Wildman–Crippen MR) is 111 cm³/mol. The Morgan fingerprint density at radius 3 is 2.48 bits per heavy atom. The number of hydrogen-bond donors (Lipinski definition) is 1. The van der Waals surface area contributed by atoms with E-state index in [2.05, 4.69) is 52.7 Å². The monoisotopic (exact) mass is 358 g/mol. The summed E-state index contributed by atoms with van der Waals surface area (Å²) in [6.45, 7) is 4.79. The number of rotatable bonds is 5. The van der Waals surface area contributed by atoms with Gasteiger partial charge in [0.15, 0.2) is 0 Å². The van der Waals surface area contributed by atoms with Gasteiger partial charge in [-0.1, -0.05) is 60.7 Å². The number of nitrogens with one attached hydrogen (secondary N) is 1. The molecule has 3 nitrogen and oxygen atoms in total. The summed E-state index contributed by atoms with van der Waals surface area (Å²) in [4.78, 5) is 15.3. The molecule has 0 aromatic heterocycles. The minimum atomic E-state index is 0.0116. The molecule has 1 heterocycles. The largest absolute Gasteiger partial charge is 0.350 e. The summed E-state index contributed by atoms with van der Waals surface area (Å²) in [6.07, 6.45) is 2.46. The number of carbonyl (C=O) groups excluding carboxylic acids is 1. The molecule has 3 aromatic rings. The van der Waals surface area contributed by atoms with E-state index in [1.54, 1.807) is 0 Å². The van der Waals surface area contributed by atoms with E-state index in [0.717, 1.165) is 24.2 Å². The van der Waals surface area contributed by atoms with E-state index < -0.39 is 0 Å². The molecular formula is C24H26N2O. The molecule has 0 unspecified atom stereocenters. The highest BCUT2D eigenvalue weighted by Crippen LogP contribution is 2.30. The molecule has 1 atom stereocenters. The van der Waals surface area contributed by atoms with Gasteiger partial charge in [0.1, 0.15) is 0 Å². The molecule has 138 valence electrons. The van der Waals surface area contributed by atoms with Gasteiger partial charge in [-0.05, 0) is 60.8 Å². The van der Waals surface area contributed by atoms with Crippen LogP contribution in [0.2, 0.25) is 0 Å². The smallest absolute Gasteiger partial charge is 0.251 e. The highest BCUT2D eigenvalue weighted by atomic mass is 16.1. The van der Waals surface area contributed by atoms with Crippen LogP contribution >= 0.6 is 0 Å². The minimum absolute atomic E-state index is 0.0116. The van der Waals surface area contributed by atoms with Crippen molar-refractivity contribution in [1.82, 2.24) is 10.2 Å². The Balaban J connectivity index is 1.62. The Bertz CT molecular complexity index is 939. The Hall–Kier alpha value is -2.65. The second-order valence-electron chi connectivity index (χ2n) is 7.35. The van der Waals surface area contributed by atoms with Gasteiger partial charge >= 0.3 is 0 Å². The number of fused-ring (bicyclic) bond motifs is 1. The average molecular weight is 358 g/mol. The van der Waals surface area contributed by atoms with E-state index in [1.807, 2.05) is 31.2 Å². The van der Waals surface area contributed by atoms with Crippen molar-refractivity contribution in [2.75, 3.05) is 19.6 Å². The van der Waals surface area contributed by atoms with Gasteiger partial charge in [0.05, 0.1) is 6.04 Å². The van der Waals surface area contributed by atoms with Crippen LogP contribution in [0.3, 0.4) is 0 Å². The van der Waals surface area contributed by atoms with Crippen molar-refractivity contribution in [1.29, 1.82) is 0 Å². The van der Waals surface area contributed by atoms with Crippen molar-refractivity contribution in [3.63, 3.8) is 0 Å². The van der Waals surface area contributed by atoms with Crippen molar-refractivity contribution in [3.05, 3.63) is 83.4 Å². The second-order valence-corrected chi connectivity index (χ2v) is 7.35. The Labute approximate surface area is 161 Å². The number of amides is 1. The molecule has 0 spiro atoms. The van der Waals surface area contributed by atoms with Crippen LogP contribution in [-0.2, 0) is 0 Å². The normalized spacial score (nSPS) is 15.7. The first-order valence-electron chi connectivity index (χ1n) is 9.79. The first-order valence-corrected chi connectivity index (χ1v) is 9.79. The minimum Gasteiger partial charge on any atom is -0.350 e. The van der Waals surface area contributed by atoms with E-state index in [9.17, 15) is 4.79 Å². The summed E-state index contributed by atoms with van der Waals surface area (Å²) in [5.41, 5.74) is 3.08. The number of aryl methyl sites for hydroxylation is 1. The number of carbonyl (C=O) groups is 1. The highest BCUT2D eigenvalue weighted by molar-refractivity contribution is 5.95. The molecule has 0 saturated carbocycles. The van der Waals surface area contributed by atoms with Crippen LogP contribution in [-0.4, -0.2) is 30.4 Å². The number of nitrogens with zero attached hydrogens (tertiary/aromatic N) is 1. The van der Waals surface area contributed by atoms with Gasteiger partial charge < -0.3 is 5.32 Å². The highest BCUT2D eigenvalue weighted by Gasteiger charge is 2.25. The van der Waals surface area contributed by atoms with Gasteiger partial charge in [0.2, 0.25) is 0 Å². The second kappa shape index (κ2) is 7.93. The summed E-state index contributed by atoms with van der Waals surface area (Å²) in [7, 11) is 0. The standard InChI is InChI=1S/C24H26N2O/c1-18-9-2-4-12-20(18)24(27)25-17-23(26-15-6-7-16-26)22-14-8-11-19-10-3-5-13-21(19)22/h2-5,8-14,23H,6-7,15-17H2,1H3,(H,25,27)/t23-/m1/s1. The maximum Gasteiger partial charge on any atom is 0.251 e. The fourth-order valence-corrected chi connectivity index (χ4v) is 4.14. The van der Waals surface area contributed by atoms with Crippen LogP contribution in [0.15, 0.2) is 66.7 Å². The zero-order chi connectivity index (χ0) is 18.6. The lowest BCUT2D eigenvalue weighted by Crippen LogP contribution is -2.37. The van der Waals surface area contributed by atoms with Crippen molar-refractivity contribution in [2.45, 2.75) is 25.8 Å². The number of benzene rings is 3. The first kappa shape index (κ1) is 17.7. The first-order chi connectivity index (χ1) is 13.2. The summed E-state index contributed by atoms with van der Waals surface area (Å²) >= 11 is 0. The molecule has 4 rings (SSSR count). The Morgan fingerprint density at radius 1 is 0.963 bits per heavy atom. The van der Waals surface area contributed by atoms with Crippen molar-refractivity contribution in [3.8, 4) is 0 Å². The third-order valence-electron chi connectivity index (χ3n) is 5.61. The lowest BCUT2D eigenvalue weighted by molar-refractivity contribution is 0.0937. The number of likely N-dealkylation sites (tertiary alicyclic amines) is 1. The molecule has 1 saturated heterocycles. The molecule has 27 heavy (non-hydrogen) atoms. The third-order valence-corrected chi connectivity index (χ3v) is 5.61. The lowest BCUT2D eigenvalue weighted by atomic mass is 9.97. The van der Waals surface area contributed by atoms with E-state index in [4.69, 9.17) is 0 Å². The van der Waals surface area contributed by atoms with E-state index in [-0.39, 0.29) is 11.9 Å². The molecule has 3 heteroatoms. The molecular weight excluding hydrogens is 332 g/mol. The third kappa shape index (κ3) is 3.74. The molecule has 1 N–H and O–H groups in total. The van der Waals surface area contributed by atoms with Crippen LogP contribution < -0.4 is 5.32 Å². The zero-order valence-electron chi connectivity index (χ0n) is 15.8. The zero-order valence-corrected chi connectivity index (χ0v) is 15.8. The SMILES string of the molecule is Cc1ccccc1C(=O)NC[C@H](c1cccc2ccccc12)N1CCCC1. The number of hydrogen-bond acceptors (Lipinski definition) is 2. The molecule has 0 bridgehead atoms. The summed E-state index contributed by atoms with van der Waals surface area (Å²) in [5.74, 6) is 0.0116. The fraction of sp³-hybridized carbons (Fsp3) is 0.292. The van der Waals surface area contributed by atoms with Crippen molar-refractivity contribution in [2.24, 2.45) is 0 Å². The van der Waals surface area contributed by atoms with Crippen molar-refractivity contribution < 1.29 is 4.79 Å². The molecule has 1 aliphatic rings. The quantitative estimate of drug-likeness (QED) is 0.716. The lowest BCUT2D eigenvalue weighted by Gasteiger charge is -2.29. The van der Waals surface area contributed by atoms with Gasteiger partial charge in [-0.15, -0.1) is 0 Å². The molecule has 1 fully saturated rings. The van der Waals surface area contributed by atoms with Crippen LogP contribution in [0.25, 0.3) is 10.8 Å². The summed E-state index contributed by atoms with van der Waals surface area (Å²) < 4.78 is 0. The Kier molecular flexibility index (Phi) is 5.21. The van der Waals surface area contributed by atoms with Gasteiger partial charge in [0.25, 0.3) is 5.91 Å².